The lowest BCUT2D eigenvalue weighted by atomic mass is 9.83. The molecule has 0 fully saturated rings. The summed E-state index contributed by atoms with van der Waals surface area (Å²) in [5, 5.41) is 13.4. The number of oxime groups is 1. The van der Waals surface area contributed by atoms with Crippen molar-refractivity contribution in [3.05, 3.63) is 95.3 Å². The zero-order chi connectivity index (χ0) is 21.5. The van der Waals surface area contributed by atoms with Crippen molar-refractivity contribution in [1.29, 1.82) is 0 Å². The Morgan fingerprint density at radius 2 is 1.90 bits per heavy atom. The van der Waals surface area contributed by atoms with Gasteiger partial charge in [0.25, 0.3) is 0 Å². The van der Waals surface area contributed by atoms with Crippen molar-refractivity contribution >= 4 is 11.7 Å². The van der Waals surface area contributed by atoms with Crippen LogP contribution >= 0.6 is 0 Å². The smallest absolute Gasteiger partial charge is 0.341 e. The van der Waals surface area contributed by atoms with E-state index in [0.717, 1.165) is 47.2 Å². The number of ether oxygens (including phenoxy) is 1. The van der Waals surface area contributed by atoms with Gasteiger partial charge < -0.3 is 14.7 Å². The summed E-state index contributed by atoms with van der Waals surface area (Å²) in [6, 6.07) is 19.5. The fourth-order valence-electron chi connectivity index (χ4n) is 3.92. The van der Waals surface area contributed by atoms with Gasteiger partial charge in [-0.3, -0.25) is 4.98 Å². The zero-order valence-corrected chi connectivity index (χ0v) is 17.1. The first-order valence-corrected chi connectivity index (χ1v) is 10.3. The van der Waals surface area contributed by atoms with Crippen LogP contribution in [-0.4, -0.2) is 35.0 Å². The zero-order valence-electron chi connectivity index (χ0n) is 17.1. The summed E-state index contributed by atoms with van der Waals surface area (Å²) in [6.45, 7) is 0.0967. The third-order valence-corrected chi connectivity index (χ3v) is 5.35. The number of hydrogen-bond acceptors (Lipinski definition) is 5. The van der Waals surface area contributed by atoms with E-state index < -0.39 is 5.97 Å². The summed E-state index contributed by atoms with van der Waals surface area (Å²) in [4.78, 5) is 21.0. The third kappa shape index (κ3) is 5.09. The number of nitrogens with zero attached hydrogens (tertiary/aromatic N) is 2. The van der Waals surface area contributed by atoms with E-state index in [1.54, 1.807) is 12.4 Å². The summed E-state index contributed by atoms with van der Waals surface area (Å²) in [6.07, 6.45) is 6.35. The number of rotatable bonds is 8. The number of carboxylic acid groups (broad SMARTS) is 1. The molecule has 2 aromatic carbocycles. The predicted molar refractivity (Wildman–Crippen MR) is 118 cm³/mol. The average Bonchev–Trinajstić information content (AvgIpc) is 2.81. The summed E-state index contributed by atoms with van der Waals surface area (Å²) >= 11 is 0. The normalized spacial score (nSPS) is 15.7. The van der Waals surface area contributed by atoms with Gasteiger partial charge in [-0.15, -0.1) is 0 Å². The summed E-state index contributed by atoms with van der Waals surface area (Å²) in [5.74, 6) is -0.160. The Balaban J connectivity index is 1.53. The number of aliphatic carboxylic acids is 1. The minimum Gasteiger partial charge on any atom is -0.482 e. The second kappa shape index (κ2) is 9.89. The minimum absolute atomic E-state index is 0.173. The molecule has 1 atom stereocenters. The van der Waals surface area contributed by atoms with Gasteiger partial charge in [-0.25, -0.2) is 4.79 Å². The molecular weight excluding hydrogens is 392 g/mol. The van der Waals surface area contributed by atoms with Crippen molar-refractivity contribution in [2.75, 3.05) is 13.2 Å². The fraction of sp³-hybridized carbons (Fsp3) is 0.240. The largest absolute Gasteiger partial charge is 0.482 e. The van der Waals surface area contributed by atoms with Gasteiger partial charge in [-0.2, -0.15) is 0 Å². The fourth-order valence-corrected chi connectivity index (χ4v) is 3.92. The molecule has 1 unspecified atom stereocenters. The van der Waals surface area contributed by atoms with Crippen LogP contribution in [0.25, 0.3) is 0 Å². The summed E-state index contributed by atoms with van der Waals surface area (Å²) in [5.41, 5.74) is 4.81. The molecule has 0 radical (unpaired) electrons. The highest BCUT2D eigenvalue weighted by Crippen LogP contribution is 2.37. The Bertz CT molecular complexity index is 1010. The van der Waals surface area contributed by atoms with Crippen molar-refractivity contribution < 1.29 is 19.5 Å². The summed E-state index contributed by atoms with van der Waals surface area (Å²) < 4.78 is 5.50. The van der Waals surface area contributed by atoms with E-state index in [2.05, 4.69) is 16.2 Å². The first kappa shape index (κ1) is 20.6. The highest BCUT2D eigenvalue weighted by molar-refractivity contribution is 6.12. The molecule has 1 heterocycles. The lowest BCUT2D eigenvalue weighted by Gasteiger charge is -2.26. The highest BCUT2D eigenvalue weighted by Gasteiger charge is 2.24. The Morgan fingerprint density at radius 3 is 2.68 bits per heavy atom. The molecule has 4 rings (SSSR count). The quantitative estimate of drug-likeness (QED) is 0.434. The lowest BCUT2D eigenvalue weighted by Crippen LogP contribution is -2.17. The number of benzene rings is 2. The van der Waals surface area contributed by atoms with E-state index in [4.69, 9.17) is 14.7 Å². The average molecular weight is 416 g/mol. The Labute approximate surface area is 181 Å². The van der Waals surface area contributed by atoms with Crippen molar-refractivity contribution in [1.82, 2.24) is 4.98 Å². The van der Waals surface area contributed by atoms with Crippen LogP contribution in [0, 0.1) is 0 Å². The molecule has 1 aliphatic carbocycles. The SMILES string of the molecule is O=C(O)COc1cccc2c1CCCC2CO/N=C(/c1ccccc1)c1cccnc1. The van der Waals surface area contributed by atoms with Crippen LogP contribution in [0.15, 0.2) is 78.2 Å². The van der Waals surface area contributed by atoms with E-state index in [1.165, 1.54) is 0 Å². The van der Waals surface area contributed by atoms with Gasteiger partial charge in [0.15, 0.2) is 6.61 Å². The Morgan fingerprint density at radius 1 is 1.06 bits per heavy atom. The Kier molecular flexibility index (Phi) is 6.57. The number of aromatic nitrogens is 1. The van der Waals surface area contributed by atoms with Crippen LogP contribution in [-0.2, 0) is 16.1 Å². The molecule has 0 saturated carbocycles. The third-order valence-electron chi connectivity index (χ3n) is 5.35. The van der Waals surface area contributed by atoms with Gasteiger partial charge in [-0.1, -0.05) is 47.6 Å². The molecule has 1 N–H and O–H groups in total. The molecule has 3 aromatic rings. The van der Waals surface area contributed by atoms with Crippen LogP contribution in [0.1, 0.15) is 41.0 Å². The maximum absolute atomic E-state index is 10.9. The van der Waals surface area contributed by atoms with Crippen molar-refractivity contribution in [2.45, 2.75) is 25.2 Å². The molecule has 31 heavy (non-hydrogen) atoms. The van der Waals surface area contributed by atoms with Gasteiger partial charge in [0, 0.05) is 29.4 Å². The maximum Gasteiger partial charge on any atom is 0.341 e. The van der Waals surface area contributed by atoms with Crippen LogP contribution in [0.4, 0.5) is 0 Å². The molecule has 0 saturated heterocycles. The molecule has 6 heteroatoms. The van der Waals surface area contributed by atoms with Crippen LogP contribution < -0.4 is 4.74 Å². The monoisotopic (exact) mass is 416 g/mol. The van der Waals surface area contributed by atoms with Gasteiger partial charge in [-0.05, 0) is 48.6 Å². The van der Waals surface area contributed by atoms with E-state index in [1.807, 2.05) is 54.6 Å². The standard InChI is InChI=1S/C25H24N2O4/c28-24(29)17-30-23-13-5-11-21-20(9-4-12-22(21)23)16-31-27-25(18-7-2-1-3-8-18)19-10-6-14-26-15-19/h1-3,5-8,10-11,13-15,20H,4,9,12,16-17H2,(H,28,29)/b27-25-. The maximum atomic E-state index is 10.9. The van der Waals surface area contributed by atoms with Gasteiger partial charge >= 0.3 is 5.97 Å². The molecule has 0 aliphatic heterocycles. The molecule has 158 valence electrons. The molecule has 0 amide bonds. The molecule has 0 bridgehead atoms. The number of fused-ring (bicyclic) bond motifs is 1. The predicted octanol–water partition coefficient (Wildman–Crippen LogP) is 4.43. The van der Waals surface area contributed by atoms with Crippen LogP contribution in [0.2, 0.25) is 0 Å². The van der Waals surface area contributed by atoms with Gasteiger partial charge in [0.05, 0.1) is 0 Å². The van der Waals surface area contributed by atoms with E-state index >= 15 is 0 Å². The number of hydrogen-bond donors (Lipinski definition) is 1. The minimum atomic E-state index is -0.980. The van der Waals surface area contributed by atoms with Crippen LogP contribution in [0.3, 0.4) is 0 Å². The van der Waals surface area contributed by atoms with E-state index in [9.17, 15) is 4.79 Å². The molecule has 0 spiro atoms. The van der Waals surface area contributed by atoms with Crippen molar-refractivity contribution in [2.24, 2.45) is 5.16 Å². The number of pyridine rings is 1. The topological polar surface area (TPSA) is 81.0 Å². The van der Waals surface area contributed by atoms with Crippen molar-refractivity contribution in [3.8, 4) is 5.75 Å². The molecule has 1 aromatic heterocycles. The highest BCUT2D eigenvalue weighted by atomic mass is 16.6. The molecular formula is C25H24N2O4. The lowest BCUT2D eigenvalue weighted by molar-refractivity contribution is -0.139. The molecule has 1 aliphatic rings. The number of carbonyl (C=O) groups is 1. The second-order valence-electron chi connectivity index (χ2n) is 7.44. The summed E-state index contributed by atoms with van der Waals surface area (Å²) in [7, 11) is 0. The first-order valence-electron chi connectivity index (χ1n) is 10.3. The van der Waals surface area contributed by atoms with Gasteiger partial charge in [0.2, 0.25) is 0 Å². The molecule has 6 nitrogen and oxygen atoms in total. The number of carboxylic acids is 1. The van der Waals surface area contributed by atoms with E-state index in [-0.39, 0.29) is 12.5 Å². The van der Waals surface area contributed by atoms with Crippen LogP contribution in [0.5, 0.6) is 5.75 Å². The second-order valence-corrected chi connectivity index (χ2v) is 7.44. The van der Waals surface area contributed by atoms with Gasteiger partial charge in [0.1, 0.15) is 18.1 Å². The van der Waals surface area contributed by atoms with E-state index in [0.29, 0.717) is 12.4 Å². The Hall–Kier alpha value is -3.67. The van der Waals surface area contributed by atoms with Crippen molar-refractivity contribution in [3.63, 3.8) is 0 Å². The first-order chi connectivity index (χ1) is 15.2.